The standard InChI is InChI=1S/C8H13N3O6S2/c1-18(14,15)4-2-3-11-5-6(19(9,16)17)7(12)10-8(11)13/h5H,2-4H2,1H3,(H2,9,16,17)(H,10,12,13). The third-order valence-corrected chi connectivity index (χ3v) is 4.13. The zero-order valence-corrected chi connectivity index (χ0v) is 11.6. The third-order valence-electron chi connectivity index (χ3n) is 2.20. The Kier molecular flexibility index (Phi) is 4.32. The van der Waals surface area contributed by atoms with E-state index in [2.05, 4.69) is 0 Å². The van der Waals surface area contributed by atoms with Gasteiger partial charge in [-0.15, -0.1) is 0 Å². The molecule has 0 fully saturated rings. The van der Waals surface area contributed by atoms with Crippen LogP contribution in [0.5, 0.6) is 0 Å². The first-order valence-corrected chi connectivity index (χ1v) is 8.66. The molecule has 19 heavy (non-hydrogen) atoms. The highest BCUT2D eigenvalue weighted by atomic mass is 32.2. The molecule has 0 amide bonds. The fraction of sp³-hybridized carbons (Fsp3) is 0.500. The van der Waals surface area contributed by atoms with Crippen LogP contribution in [-0.2, 0) is 26.4 Å². The number of aromatic nitrogens is 2. The molecule has 1 aromatic rings. The molecule has 1 aromatic heterocycles. The van der Waals surface area contributed by atoms with Gasteiger partial charge in [-0.2, -0.15) is 0 Å². The van der Waals surface area contributed by atoms with Crippen molar-refractivity contribution in [2.45, 2.75) is 17.9 Å². The van der Waals surface area contributed by atoms with Gasteiger partial charge in [0.25, 0.3) is 5.56 Å². The molecule has 0 aromatic carbocycles. The van der Waals surface area contributed by atoms with Crippen LogP contribution < -0.4 is 16.4 Å². The molecule has 1 heterocycles. The molecule has 0 saturated heterocycles. The molecule has 0 aliphatic rings. The largest absolute Gasteiger partial charge is 0.328 e. The number of nitrogens with one attached hydrogen (secondary N) is 1. The van der Waals surface area contributed by atoms with Crippen LogP contribution in [0.3, 0.4) is 0 Å². The lowest BCUT2D eigenvalue weighted by atomic mass is 10.4. The summed E-state index contributed by atoms with van der Waals surface area (Å²) in [6.45, 7) is -0.0504. The smallest absolute Gasteiger partial charge is 0.299 e. The molecule has 0 radical (unpaired) electrons. The molecule has 9 nitrogen and oxygen atoms in total. The van der Waals surface area contributed by atoms with E-state index >= 15 is 0 Å². The van der Waals surface area contributed by atoms with Gasteiger partial charge >= 0.3 is 5.69 Å². The molecule has 0 aliphatic carbocycles. The lowest BCUT2D eigenvalue weighted by molar-refractivity contribution is 0.574. The van der Waals surface area contributed by atoms with Crippen molar-refractivity contribution in [3.05, 3.63) is 27.0 Å². The maximum Gasteiger partial charge on any atom is 0.328 e. The second-order valence-electron chi connectivity index (χ2n) is 3.97. The van der Waals surface area contributed by atoms with E-state index < -0.39 is 36.0 Å². The van der Waals surface area contributed by atoms with Crippen molar-refractivity contribution in [1.29, 1.82) is 0 Å². The number of hydrogen-bond donors (Lipinski definition) is 2. The number of hydrogen-bond acceptors (Lipinski definition) is 6. The molecule has 0 spiro atoms. The summed E-state index contributed by atoms with van der Waals surface area (Å²) in [5.41, 5.74) is -1.93. The topological polar surface area (TPSA) is 149 Å². The Morgan fingerprint density at radius 3 is 2.32 bits per heavy atom. The van der Waals surface area contributed by atoms with Crippen LogP contribution in [0.25, 0.3) is 0 Å². The van der Waals surface area contributed by atoms with E-state index in [4.69, 9.17) is 5.14 Å². The minimum Gasteiger partial charge on any atom is -0.299 e. The maximum atomic E-state index is 11.4. The molecule has 3 N–H and O–H groups in total. The second-order valence-corrected chi connectivity index (χ2v) is 7.76. The molecule has 0 bridgehead atoms. The third kappa shape index (κ3) is 4.61. The van der Waals surface area contributed by atoms with Gasteiger partial charge in [0, 0.05) is 19.0 Å². The van der Waals surface area contributed by atoms with Crippen LogP contribution in [-0.4, -0.2) is 38.4 Å². The number of aromatic amines is 1. The Labute approximate surface area is 109 Å². The maximum absolute atomic E-state index is 11.4. The first kappa shape index (κ1) is 15.6. The number of primary sulfonamides is 1. The first-order chi connectivity index (χ1) is 8.50. The summed E-state index contributed by atoms with van der Waals surface area (Å²) in [5.74, 6) is -0.163. The average Bonchev–Trinajstić information content (AvgIpc) is 2.17. The van der Waals surface area contributed by atoms with Gasteiger partial charge in [-0.3, -0.25) is 14.3 Å². The number of aryl methyl sites for hydroxylation is 1. The van der Waals surface area contributed by atoms with Crippen molar-refractivity contribution in [3.63, 3.8) is 0 Å². The molecule has 0 aliphatic heterocycles. The van der Waals surface area contributed by atoms with E-state index in [9.17, 15) is 26.4 Å². The van der Waals surface area contributed by atoms with Gasteiger partial charge in [-0.25, -0.2) is 26.8 Å². The molecule has 1 rings (SSSR count). The minimum atomic E-state index is -4.25. The number of sulfone groups is 1. The van der Waals surface area contributed by atoms with E-state index in [0.717, 1.165) is 17.0 Å². The van der Waals surface area contributed by atoms with Gasteiger partial charge in [0.2, 0.25) is 10.0 Å². The van der Waals surface area contributed by atoms with Crippen molar-refractivity contribution in [3.8, 4) is 0 Å². The monoisotopic (exact) mass is 311 g/mol. The Bertz CT molecular complexity index is 787. The van der Waals surface area contributed by atoms with Gasteiger partial charge in [0.05, 0.1) is 5.75 Å². The van der Waals surface area contributed by atoms with Gasteiger partial charge in [0.1, 0.15) is 9.84 Å². The predicted octanol–water partition coefficient (Wildman–Crippen LogP) is -2.38. The van der Waals surface area contributed by atoms with Gasteiger partial charge in [-0.05, 0) is 6.42 Å². The summed E-state index contributed by atoms with van der Waals surface area (Å²) in [6.07, 6.45) is 1.95. The van der Waals surface area contributed by atoms with E-state index in [0.29, 0.717) is 0 Å². The lowest BCUT2D eigenvalue weighted by Crippen LogP contribution is -2.35. The summed E-state index contributed by atoms with van der Waals surface area (Å²) in [5, 5.41) is 4.82. The number of sulfonamides is 1. The highest BCUT2D eigenvalue weighted by molar-refractivity contribution is 7.90. The molecule has 108 valence electrons. The van der Waals surface area contributed by atoms with Crippen molar-refractivity contribution in [1.82, 2.24) is 9.55 Å². The summed E-state index contributed by atoms with van der Waals surface area (Å²) < 4.78 is 44.9. The summed E-state index contributed by atoms with van der Waals surface area (Å²) in [6, 6.07) is 0. The summed E-state index contributed by atoms with van der Waals surface area (Å²) in [7, 11) is -7.43. The van der Waals surface area contributed by atoms with Crippen molar-refractivity contribution >= 4 is 19.9 Å². The number of nitrogens with two attached hydrogens (primary N) is 1. The van der Waals surface area contributed by atoms with E-state index in [1.165, 1.54) is 0 Å². The predicted molar refractivity (Wildman–Crippen MR) is 67.0 cm³/mol. The van der Waals surface area contributed by atoms with Crippen LogP contribution >= 0.6 is 0 Å². The lowest BCUT2D eigenvalue weighted by Gasteiger charge is -2.06. The Morgan fingerprint density at radius 2 is 1.84 bits per heavy atom. The van der Waals surface area contributed by atoms with E-state index in [-0.39, 0.29) is 18.7 Å². The first-order valence-electron chi connectivity index (χ1n) is 5.05. The molecular formula is C8H13N3O6S2. The van der Waals surface area contributed by atoms with Crippen molar-refractivity contribution < 1.29 is 16.8 Å². The average molecular weight is 311 g/mol. The van der Waals surface area contributed by atoms with E-state index in [1.54, 1.807) is 4.98 Å². The van der Waals surface area contributed by atoms with Crippen LogP contribution in [0.2, 0.25) is 0 Å². The number of H-pyrrole nitrogens is 1. The fourth-order valence-electron chi connectivity index (χ4n) is 1.36. The van der Waals surface area contributed by atoms with Crippen LogP contribution in [0.4, 0.5) is 0 Å². The number of nitrogens with zero attached hydrogens (tertiary/aromatic N) is 1. The van der Waals surface area contributed by atoms with Gasteiger partial charge in [-0.1, -0.05) is 0 Å². The molecule has 11 heteroatoms. The Hall–Kier alpha value is -1.46. The Balaban J connectivity index is 3.10. The van der Waals surface area contributed by atoms with Crippen molar-refractivity contribution in [2.24, 2.45) is 5.14 Å². The molecule has 0 saturated carbocycles. The normalized spacial score (nSPS) is 12.5. The Morgan fingerprint density at radius 1 is 1.26 bits per heavy atom. The fourth-order valence-corrected chi connectivity index (χ4v) is 2.59. The molecule has 0 atom stereocenters. The molecule has 0 unspecified atom stereocenters. The van der Waals surface area contributed by atoms with Crippen LogP contribution in [0.15, 0.2) is 20.7 Å². The van der Waals surface area contributed by atoms with E-state index in [1.807, 2.05) is 0 Å². The minimum absolute atomic E-state index is 0.0504. The zero-order chi connectivity index (χ0) is 14.8. The summed E-state index contributed by atoms with van der Waals surface area (Å²) >= 11 is 0. The van der Waals surface area contributed by atoms with Crippen LogP contribution in [0.1, 0.15) is 6.42 Å². The highest BCUT2D eigenvalue weighted by Crippen LogP contribution is 1.98. The SMILES string of the molecule is CS(=O)(=O)CCCn1cc(S(N)(=O)=O)c(=O)[nH]c1=O. The van der Waals surface area contributed by atoms with Gasteiger partial charge < -0.3 is 0 Å². The number of rotatable bonds is 5. The zero-order valence-electron chi connectivity index (χ0n) is 9.99. The highest BCUT2D eigenvalue weighted by Gasteiger charge is 2.15. The molecular weight excluding hydrogens is 298 g/mol. The van der Waals surface area contributed by atoms with Crippen molar-refractivity contribution in [2.75, 3.05) is 12.0 Å². The van der Waals surface area contributed by atoms with Crippen LogP contribution in [0, 0.1) is 0 Å². The van der Waals surface area contributed by atoms with Gasteiger partial charge in [0.15, 0.2) is 4.90 Å². The summed E-state index contributed by atoms with van der Waals surface area (Å²) in [4.78, 5) is 23.7. The second kappa shape index (κ2) is 5.27. The quantitative estimate of drug-likeness (QED) is 0.620.